The number of nitrogens with zero attached hydrogens (tertiary/aromatic N) is 4. The van der Waals surface area contributed by atoms with Crippen LogP contribution in [0.1, 0.15) is 25.3 Å². The third-order valence-corrected chi connectivity index (χ3v) is 6.65. The average molecular weight is 409 g/mol. The van der Waals surface area contributed by atoms with Gasteiger partial charge in [-0.1, -0.05) is 0 Å². The van der Waals surface area contributed by atoms with Crippen molar-refractivity contribution in [2.75, 3.05) is 66.0 Å². The van der Waals surface area contributed by atoms with Crippen molar-refractivity contribution in [2.45, 2.75) is 32.4 Å². The highest BCUT2D eigenvalue weighted by atomic mass is 32.1. The van der Waals surface area contributed by atoms with E-state index < -0.39 is 0 Å². The number of thiophene rings is 1. The van der Waals surface area contributed by atoms with Crippen LogP contribution in [0.5, 0.6) is 0 Å². The highest BCUT2D eigenvalue weighted by molar-refractivity contribution is 7.07. The van der Waals surface area contributed by atoms with Gasteiger partial charge in [-0.3, -0.25) is 14.6 Å². The fourth-order valence-electron chi connectivity index (χ4n) is 4.36. The maximum Gasteiger partial charge on any atom is 0.236 e. The summed E-state index contributed by atoms with van der Waals surface area (Å²) in [5, 5.41) is 13.9. The van der Waals surface area contributed by atoms with Gasteiger partial charge in [-0.25, -0.2) is 0 Å². The van der Waals surface area contributed by atoms with Crippen LogP contribution in [0, 0.1) is 5.92 Å². The summed E-state index contributed by atoms with van der Waals surface area (Å²) in [7, 11) is 2.08. The monoisotopic (exact) mass is 408 g/mol. The fourth-order valence-corrected chi connectivity index (χ4v) is 5.02. The van der Waals surface area contributed by atoms with Gasteiger partial charge in [0.05, 0.1) is 12.6 Å². The fraction of sp³-hybridized carbons (Fsp3) is 0.762. The Morgan fingerprint density at radius 2 is 1.93 bits per heavy atom. The number of likely N-dealkylation sites (N-methyl/N-ethyl adjacent to an activating group) is 1. The van der Waals surface area contributed by atoms with E-state index in [1.165, 1.54) is 5.56 Å². The second-order valence-corrected chi connectivity index (χ2v) is 9.36. The molecule has 1 unspecified atom stereocenters. The van der Waals surface area contributed by atoms with Gasteiger partial charge in [0.1, 0.15) is 0 Å². The van der Waals surface area contributed by atoms with E-state index in [0.717, 1.165) is 71.7 Å². The minimum absolute atomic E-state index is 0.248. The van der Waals surface area contributed by atoms with Crippen LogP contribution in [-0.2, 0) is 11.3 Å². The van der Waals surface area contributed by atoms with Gasteiger partial charge in [0, 0.05) is 45.8 Å². The molecule has 2 aliphatic rings. The summed E-state index contributed by atoms with van der Waals surface area (Å²) in [6.07, 6.45) is 2.07. The van der Waals surface area contributed by atoms with Gasteiger partial charge in [0.25, 0.3) is 0 Å². The third kappa shape index (κ3) is 6.81. The van der Waals surface area contributed by atoms with E-state index in [1.54, 1.807) is 11.3 Å². The smallest absolute Gasteiger partial charge is 0.236 e. The Kier molecular flexibility index (Phi) is 8.29. The van der Waals surface area contributed by atoms with Crippen molar-refractivity contribution in [1.29, 1.82) is 0 Å². The number of hydrogen-bond donors (Lipinski definition) is 1. The summed E-state index contributed by atoms with van der Waals surface area (Å²) >= 11 is 1.75. The molecule has 1 atom stereocenters. The molecule has 7 heteroatoms. The molecular formula is C21H36N4O2S. The van der Waals surface area contributed by atoms with Gasteiger partial charge in [0.2, 0.25) is 5.91 Å². The molecule has 3 heterocycles. The first-order valence-electron chi connectivity index (χ1n) is 10.6. The Hall–Kier alpha value is -0.990. The van der Waals surface area contributed by atoms with Crippen LogP contribution in [-0.4, -0.2) is 103 Å². The Balaban J connectivity index is 1.32. The number of likely N-dealkylation sites (tertiary alicyclic amines) is 1. The molecule has 1 aromatic heterocycles. The molecule has 0 spiro atoms. The molecule has 2 fully saturated rings. The van der Waals surface area contributed by atoms with Crippen LogP contribution in [0.25, 0.3) is 0 Å². The lowest BCUT2D eigenvalue weighted by Gasteiger charge is -2.36. The van der Waals surface area contributed by atoms with Crippen molar-refractivity contribution in [3.63, 3.8) is 0 Å². The number of carbonyl (C=O) groups is 1. The molecule has 0 bridgehead atoms. The second-order valence-electron chi connectivity index (χ2n) is 8.58. The van der Waals surface area contributed by atoms with Crippen molar-refractivity contribution in [2.24, 2.45) is 5.92 Å². The number of β-amino-alcohol motifs (C(OH)–C–C–N with tert-alkyl or cyclic N) is 1. The number of piperazine rings is 1. The normalized spacial score (nSPS) is 21.4. The lowest BCUT2D eigenvalue weighted by molar-refractivity contribution is -0.134. The summed E-state index contributed by atoms with van der Waals surface area (Å²) in [6, 6.07) is 2.19. The van der Waals surface area contributed by atoms with E-state index in [1.807, 2.05) is 11.8 Å². The Bertz CT molecular complexity index is 579. The van der Waals surface area contributed by atoms with E-state index in [4.69, 9.17) is 0 Å². The van der Waals surface area contributed by atoms with Crippen LogP contribution in [0.3, 0.4) is 0 Å². The van der Waals surface area contributed by atoms with Crippen LogP contribution in [0.2, 0.25) is 0 Å². The molecule has 1 amide bonds. The van der Waals surface area contributed by atoms with Crippen molar-refractivity contribution < 1.29 is 9.90 Å². The van der Waals surface area contributed by atoms with Crippen molar-refractivity contribution in [3.05, 3.63) is 22.4 Å². The van der Waals surface area contributed by atoms with E-state index in [0.29, 0.717) is 12.5 Å². The molecule has 0 aliphatic carbocycles. The number of hydrogen-bond acceptors (Lipinski definition) is 6. The van der Waals surface area contributed by atoms with Crippen molar-refractivity contribution in [3.8, 4) is 0 Å². The second kappa shape index (κ2) is 10.7. The molecule has 3 rings (SSSR count). The lowest BCUT2D eigenvalue weighted by atomic mass is 9.96. The van der Waals surface area contributed by atoms with Gasteiger partial charge in [0.15, 0.2) is 0 Å². The number of amides is 1. The minimum atomic E-state index is -0.248. The van der Waals surface area contributed by atoms with Crippen LogP contribution >= 0.6 is 11.3 Å². The maximum atomic E-state index is 12.7. The van der Waals surface area contributed by atoms with Crippen LogP contribution in [0.4, 0.5) is 0 Å². The standard InChI is InChI=1S/C21H36N4O2S/c1-18(26)13-23-6-3-19(4-7-23)14-22(2)16-21(27)25-10-8-24(9-11-25)15-20-5-12-28-17-20/h5,12,17-19,26H,3-4,6-11,13-16H2,1-2H3. The van der Waals surface area contributed by atoms with Crippen LogP contribution in [0.15, 0.2) is 16.8 Å². The summed E-state index contributed by atoms with van der Waals surface area (Å²) in [5.74, 6) is 0.926. The van der Waals surface area contributed by atoms with Gasteiger partial charge in [-0.2, -0.15) is 11.3 Å². The van der Waals surface area contributed by atoms with Gasteiger partial charge in [-0.05, 0) is 68.2 Å². The zero-order valence-corrected chi connectivity index (χ0v) is 18.2. The Morgan fingerprint density at radius 3 is 2.54 bits per heavy atom. The van der Waals surface area contributed by atoms with Crippen molar-refractivity contribution in [1.82, 2.24) is 19.6 Å². The molecule has 1 aromatic rings. The first-order valence-corrected chi connectivity index (χ1v) is 11.5. The molecule has 2 saturated heterocycles. The largest absolute Gasteiger partial charge is 0.392 e. The molecule has 6 nitrogen and oxygen atoms in total. The predicted molar refractivity (Wildman–Crippen MR) is 115 cm³/mol. The van der Waals surface area contributed by atoms with E-state index in [9.17, 15) is 9.90 Å². The molecule has 0 saturated carbocycles. The molecule has 1 N–H and O–H groups in total. The van der Waals surface area contributed by atoms with E-state index in [2.05, 4.69) is 38.6 Å². The minimum Gasteiger partial charge on any atom is -0.392 e. The van der Waals surface area contributed by atoms with Gasteiger partial charge in [-0.15, -0.1) is 0 Å². The number of carbonyl (C=O) groups excluding carboxylic acids is 1. The molecule has 158 valence electrons. The highest BCUT2D eigenvalue weighted by Crippen LogP contribution is 2.18. The lowest BCUT2D eigenvalue weighted by Crippen LogP contribution is -2.51. The summed E-state index contributed by atoms with van der Waals surface area (Å²) < 4.78 is 0. The zero-order valence-electron chi connectivity index (χ0n) is 17.4. The topological polar surface area (TPSA) is 50.3 Å². The predicted octanol–water partition coefficient (Wildman–Crippen LogP) is 1.42. The number of aliphatic hydroxyl groups is 1. The first kappa shape index (κ1) is 21.7. The quantitative estimate of drug-likeness (QED) is 0.705. The molecule has 2 aliphatic heterocycles. The number of aliphatic hydroxyl groups excluding tert-OH is 1. The summed E-state index contributed by atoms with van der Waals surface area (Å²) in [4.78, 5) is 21.7. The average Bonchev–Trinajstić information content (AvgIpc) is 3.16. The summed E-state index contributed by atoms with van der Waals surface area (Å²) in [5.41, 5.74) is 1.38. The highest BCUT2D eigenvalue weighted by Gasteiger charge is 2.24. The zero-order chi connectivity index (χ0) is 19.9. The first-order chi connectivity index (χ1) is 13.5. The Morgan fingerprint density at radius 1 is 1.21 bits per heavy atom. The van der Waals surface area contributed by atoms with Gasteiger partial charge < -0.3 is 14.9 Å². The van der Waals surface area contributed by atoms with E-state index >= 15 is 0 Å². The SMILES string of the molecule is CC(O)CN1CCC(CN(C)CC(=O)N2CCN(Cc3ccsc3)CC2)CC1. The molecule has 28 heavy (non-hydrogen) atoms. The molecule has 0 radical (unpaired) electrons. The summed E-state index contributed by atoms with van der Waals surface area (Å²) in [6.45, 7) is 10.9. The maximum absolute atomic E-state index is 12.7. The molecule has 0 aromatic carbocycles. The van der Waals surface area contributed by atoms with Crippen LogP contribution < -0.4 is 0 Å². The van der Waals surface area contributed by atoms with E-state index in [-0.39, 0.29) is 12.0 Å². The Labute approximate surface area is 173 Å². The van der Waals surface area contributed by atoms with Crippen molar-refractivity contribution >= 4 is 17.2 Å². The molecular weight excluding hydrogens is 372 g/mol. The van der Waals surface area contributed by atoms with Gasteiger partial charge >= 0.3 is 0 Å². The number of piperidine rings is 1. The third-order valence-electron chi connectivity index (χ3n) is 5.92. The number of rotatable bonds is 8.